The molecule has 10 heteroatoms. The Morgan fingerprint density at radius 2 is 1.85 bits per heavy atom. The minimum absolute atomic E-state index is 0.298. The van der Waals surface area contributed by atoms with Gasteiger partial charge in [0.2, 0.25) is 0 Å². The third-order valence-electron chi connectivity index (χ3n) is 5.90. The maximum absolute atomic E-state index is 12.6. The zero-order chi connectivity index (χ0) is 28.6. The Bertz CT molecular complexity index is 1750. The predicted molar refractivity (Wildman–Crippen MR) is 172 cm³/mol. The van der Waals surface area contributed by atoms with E-state index in [1.54, 1.807) is 24.4 Å². The third-order valence-corrected chi connectivity index (χ3v) is 7.75. The van der Waals surface area contributed by atoms with Gasteiger partial charge in [0.25, 0.3) is 5.91 Å². The topological polar surface area (TPSA) is 99.4 Å². The first kappa shape index (κ1) is 28.3. The Labute approximate surface area is 259 Å². The van der Waals surface area contributed by atoms with Crippen LogP contribution in [0.2, 0.25) is 5.02 Å². The van der Waals surface area contributed by atoms with Crippen LogP contribution in [0.4, 0.5) is 10.8 Å². The summed E-state index contributed by atoms with van der Waals surface area (Å²) in [4.78, 5) is 17.2. The molecule has 0 saturated carbocycles. The first-order chi connectivity index (χ1) is 20.0. The summed E-state index contributed by atoms with van der Waals surface area (Å²) < 4.78 is 6.80. The van der Waals surface area contributed by atoms with Gasteiger partial charge in [-0.1, -0.05) is 41.9 Å². The van der Waals surface area contributed by atoms with Crippen molar-refractivity contribution in [3.8, 4) is 23.1 Å². The number of rotatable bonds is 9. The number of amides is 1. The average Bonchev–Trinajstić information content (AvgIpc) is 3.46. The van der Waals surface area contributed by atoms with Gasteiger partial charge in [-0.25, -0.2) is 10.4 Å². The molecule has 41 heavy (non-hydrogen) atoms. The van der Waals surface area contributed by atoms with Gasteiger partial charge in [0.15, 0.2) is 5.13 Å². The number of thiazole rings is 1. The maximum atomic E-state index is 12.6. The molecular weight excluding hydrogens is 669 g/mol. The summed E-state index contributed by atoms with van der Waals surface area (Å²) in [7, 11) is 0. The molecule has 1 amide bonds. The van der Waals surface area contributed by atoms with E-state index < -0.39 is 0 Å². The van der Waals surface area contributed by atoms with E-state index in [1.807, 2.05) is 78.2 Å². The molecule has 0 aliphatic carbocycles. The molecule has 202 valence electrons. The van der Waals surface area contributed by atoms with Crippen molar-refractivity contribution in [2.24, 2.45) is 5.10 Å². The molecule has 0 saturated heterocycles. The van der Waals surface area contributed by atoms with Gasteiger partial charge >= 0.3 is 0 Å². The first-order valence-corrected chi connectivity index (χ1v) is 14.6. The number of nitriles is 1. The number of hydrogen-bond acceptors (Lipinski definition) is 7. The molecule has 0 aliphatic heterocycles. The summed E-state index contributed by atoms with van der Waals surface area (Å²) in [6, 6.07) is 29.7. The number of aromatic nitrogens is 1. The number of ether oxygens (including phenoxy) is 1. The lowest BCUT2D eigenvalue weighted by atomic mass is 10.1. The lowest BCUT2D eigenvalue weighted by molar-refractivity contribution is 0.0955. The van der Waals surface area contributed by atoms with E-state index >= 15 is 0 Å². The van der Waals surface area contributed by atoms with Crippen LogP contribution in [0.3, 0.4) is 0 Å². The van der Waals surface area contributed by atoms with Gasteiger partial charge in [-0.2, -0.15) is 10.4 Å². The van der Waals surface area contributed by atoms with E-state index in [-0.39, 0.29) is 5.91 Å². The van der Waals surface area contributed by atoms with E-state index in [2.05, 4.69) is 49.5 Å². The highest BCUT2D eigenvalue weighted by atomic mass is 127. The number of carbonyl (C=O) groups excluding carboxylic acids is 1. The number of halogens is 2. The summed E-state index contributed by atoms with van der Waals surface area (Å²) in [5.41, 5.74) is 7.90. The first-order valence-electron chi connectivity index (χ1n) is 12.3. The molecule has 0 unspecified atom stereocenters. The Balaban J connectivity index is 1.15. The summed E-state index contributed by atoms with van der Waals surface area (Å²) in [5.74, 6) is 0.384. The number of benzene rings is 4. The third kappa shape index (κ3) is 7.49. The minimum Gasteiger partial charge on any atom is -0.488 e. The molecular formula is C31H21ClIN5O2S. The lowest BCUT2D eigenvalue weighted by Crippen LogP contribution is -2.17. The molecule has 1 aromatic heterocycles. The van der Waals surface area contributed by atoms with Crippen molar-refractivity contribution in [3.05, 3.63) is 127 Å². The quantitative estimate of drug-likeness (QED) is 0.0928. The Morgan fingerprint density at radius 3 is 2.61 bits per heavy atom. The van der Waals surface area contributed by atoms with Crippen molar-refractivity contribution >= 4 is 68.5 Å². The number of hydrogen-bond donors (Lipinski definition) is 2. The van der Waals surface area contributed by atoms with Crippen LogP contribution in [0.5, 0.6) is 5.75 Å². The molecule has 0 bridgehead atoms. The van der Waals surface area contributed by atoms with Crippen LogP contribution < -0.4 is 15.5 Å². The zero-order valence-electron chi connectivity index (χ0n) is 21.3. The summed E-state index contributed by atoms with van der Waals surface area (Å²) in [6.07, 6.45) is 1.58. The summed E-state index contributed by atoms with van der Waals surface area (Å²) >= 11 is 9.62. The van der Waals surface area contributed by atoms with Crippen LogP contribution in [0.25, 0.3) is 11.3 Å². The normalized spacial score (nSPS) is 10.8. The molecule has 5 aromatic rings. The average molecular weight is 690 g/mol. The van der Waals surface area contributed by atoms with E-state index in [0.717, 1.165) is 36.8 Å². The molecule has 0 atom stereocenters. The van der Waals surface area contributed by atoms with Gasteiger partial charge in [-0.15, -0.1) is 11.3 Å². The number of nitrogens with one attached hydrogen (secondary N) is 2. The number of nitrogens with zero attached hydrogens (tertiary/aromatic N) is 3. The van der Waals surface area contributed by atoms with E-state index in [4.69, 9.17) is 16.3 Å². The Kier molecular flexibility index (Phi) is 9.26. The van der Waals surface area contributed by atoms with Crippen LogP contribution >= 0.6 is 45.5 Å². The zero-order valence-corrected chi connectivity index (χ0v) is 25.1. The second kappa shape index (κ2) is 13.4. The molecule has 2 N–H and O–H groups in total. The van der Waals surface area contributed by atoms with Crippen molar-refractivity contribution in [3.63, 3.8) is 0 Å². The number of hydrazone groups is 1. The van der Waals surface area contributed by atoms with Gasteiger partial charge in [0, 0.05) is 32.8 Å². The molecule has 0 radical (unpaired) electrons. The summed E-state index contributed by atoms with van der Waals surface area (Å²) in [6.45, 7) is 0.298. The van der Waals surface area contributed by atoms with E-state index in [0.29, 0.717) is 28.5 Å². The summed E-state index contributed by atoms with van der Waals surface area (Å²) in [5, 5.41) is 20.0. The predicted octanol–water partition coefficient (Wildman–Crippen LogP) is 8.03. The minimum atomic E-state index is -0.318. The van der Waals surface area contributed by atoms with Crippen LogP contribution in [0, 0.1) is 14.9 Å². The highest BCUT2D eigenvalue weighted by Gasteiger charge is 2.09. The van der Waals surface area contributed by atoms with Gasteiger partial charge in [-0.3, -0.25) is 4.79 Å². The number of carbonyl (C=O) groups is 1. The molecule has 0 aliphatic rings. The van der Waals surface area contributed by atoms with Crippen LogP contribution in [-0.4, -0.2) is 17.1 Å². The van der Waals surface area contributed by atoms with Gasteiger partial charge < -0.3 is 10.1 Å². The van der Waals surface area contributed by atoms with Crippen molar-refractivity contribution in [2.45, 2.75) is 6.61 Å². The fraction of sp³-hybridized carbons (Fsp3) is 0.0323. The smallest absolute Gasteiger partial charge is 0.271 e. The lowest BCUT2D eigenvalue weighted by Gasteiger charge is -2.10. The molecule has 0 fully saturated rings. The van der Waals surface area contributed by atoms with E-state index in [1.165, 1.54) is 11.3 Å². The Morgan fingerprint density at radius 1 is 1.07 bits per heavy atom. The largest absolute Gasteiger partial charge is 0.488 e. The van der Waals surface area contributed by atoms with Gasteiger partial charge in [0.1, 0.15) is 12.4 Å². The van der Waals surface area contributed by atoms with Crippen molar-refractivity contribution in [2.75, 3.05) is 5.32 Å². The van der Waals surface area contributed by atoms with Gasteiger partial charge in [-0.05, 0) is 88.8 Å². The highest BCUT2D eigenvalue weighted by Crippen LogP contribution is 2.28. The monoisotopic (exact) mass is 689 g/mol. The molecule has 1 heterocycles. The van der Waals surface area contributed by atoms with Crippen molar-refractivity contribution < 1.29 is 9.53 Å². The Hall–Kier alpha value is -4.24. The van der Waals surface area contributed by atoms with Crippen molar-refractivity contribution in [1.82, 2.24) is 10.4 Å². The van der Waals surface area contributed by atoms with Crippen molar-refractivity contribution in [1.29, 1.82) is 5.26 Å². The molecule has 4 aromatic carbocycles. The number of anilines is 2. The SMILES string of the molecule is N#Cc1ccccc1COc1ccc(/C=N\NC(=O)c2ccc(-c3csc(Nc4ccc(Cl)cc4)n3)cc2)cc1I. The van der Waals surface area contributed by atoms with Crippen LogP contribution in [0.1, 0.15) is 27.0 Å². The maximum Gasteiger partial charge on any atom is 0.271 e. The fourth-order valence-corrected chi connectivity index (χ4v) is 5.33. The van der Waals surface area contributed by atoms with Crippen LogP contribution in [-0.2, 0) is 6.61 Å². The molecule has 0 spiro atoms. The van der Waals surface area contributed by atoms with Gasteiger partial charge in [0.05, 0.1) is 27.1 Å². The molecule has 7 nitrogen and oxygen atoms in total. The second-order valence-corrected chi connectivity index (χ2v) is 11.2. The molecule has 5 rings (SSSR count). The van der Waals surface area contributed by atoms with E-state index in [9.17, 15) is 10.1 Å². The van der Waals surface area contributed by atoms with Crippen LogP contribution in [0.15, 0.2) is 101 Å². The highest BCUT2D eigenvalue weighted by molar-refractivity contribution is 14.1. The standard InChI is InChI=1S/C31H21ClIN5O2S/c32-25-10-12-26(13-11-25)36-31-37-28(19-41-31)21-6-8-22(9-7-21)30(39)38-35-17-20-5-14-29(27(33)15-20)40-18-24-4-2-1-3-23(24)16-34/h1-15,17,19H,18H2,(H,36,37)(H,38,39)/b35-17-. The second-order valence-electron chi connectivity index (χ2n) is 8.69. The fourth-order valence-electron chi connectivity index (χ4n) is 3.77.